The first kappa shape index (κ1) is 49.1. The fraction of sp³-hybridized carbons (Fsp3) is 0.958. The monoisotopic (exact) mass is 927 g/mol. The summed E-state index contributed by atoms with van der Waals surface area (Å²) in [4.78, 5) is 0. The second-order valence-corrected chi connectivity index (χ2v) is 23.7. The van der Waals surface area contributed by atoms with Gasteiger partial charge in [0.05, 0.1) is 44.2 Å². The summed E-state index contributed by atoms with van der Waals surface area (Å²) in [5.41, 5.74) is -1.06. The molecule has 1 spiro atoms. The van der Waals surface area contributed by atoms with Crippen LogP contribution in [-0.2, 0) is 33.2 Å². The third-order valence-electron chi connectivity index (χ3n) is 20.0. The van der Waals surface area contributed by atoms with Crippen molar-refractivity contribution < 1.29 is 84.2 Å². The quantitative estimate of drug-likeness (QED) is 0.112. The Morgan fingerprint density at radius 1 is 0.600 bits per heavy atom. The van der Waals surface area contributed by atoms with Gasteiger partial charge in [-0.2, -0.15) is 0 Å². The minimum Gasteiger partial charge on any atom is -0.396 e. The van der Waals surface area contributed by atoms with E-state index in [2.05, 4.69) is 53.7 Å². The Labute approximate surface area is 382 Å². The van der Waals surface area contributed by atoms with E-state index in [1.807, 2.05) is 0 Å². The zero-order valence-corrected chi connectivity index (χ0v) is 39.1. The highest BCUT2D eigenvalue weighted by molar-refractivity contribution is 5.35. The molecule has 0 amide bonds. The van der Waals surface area contributed by atoms with Gasteiger partial charge < -0.3 is 84.2 Å². The number of allylic oxidation sites excluding steroid dienone is 1. The fourth-order valence-electron chi connectivity index (χ4n) is 15.7. The first-order valence-corrected chi connectivity index (χ1v) is 24.4. The molecule has 9 rings (SSSR count). The predicted molar refractivity (Wildman–Crippen MR) is 228 cm³/mol. The van der Waals surface area contributed by atoms with E-state index < -0.39 is 117 Å². The lowest BCUT2D eigenvalue weighted by molar-refractivity contribution is -0.393. The van der Waals surface area contributed by atoms with Gasteiger partial charge in [0.15, 0.2) is 18.9 Å². The van der Waals surface area contributed by atoms with Crippen LogP contribution in [0.15, 0.2) is 12.2 Å². The maximum Gasteiger partial charge on any atom is 0.187 e. The summed E-state index contributed by atoms with van der Waals surface area (Å²) in [7, 11) is 0. The Balaban J connectivity index is 0.998. The normalized spacial score (nSPS) is 58.3. The predicted octanol–water partition coefficient (Wildman–Crippen LogP) is 0.630. The van der Waals surface area contributed by atoms with Crippen molar-refractivity contribution in [2.24, 2.45) is 50.2 Å². The van der Waals surface area contributed by atoms with Crippen molar-refractivity contribution in [2.45, 2.75) is 210 Å². The van der Waals surface area contributed by atoms with Crippen LogP contribution in [0.4, 0.5) is 0 Å². The van der Waals surface area contributed by atoms with E-state index in [4.69, 9.17) is 33.2 Å². The molecule has 5 aliphatic carbocycles. The van der Waals surface area contributed by atoms with E-state index in [0.29, 0.717) is 12.3 Å². The van der Waals surface area contributed by atoms with Gasteiger partial charge in [0.2, 0.25) is 0 Å². The Morgan fingerprint density at radius 2 is 1.20 bits per heavy atom. The lowest BCUT2D eigenvalue weighted by Gasteiger charge is -2.73. The number of aliphatic hydroxyl groups excluding tert-OH is 10. The number of fused-ring (bicyclic) bond motifs is 4. The van der Waals surface area contributed by atoms with Gasteiger partial charge >= 0.3 is 0 Å². The van der Waals surface area contributed by atoms with E-state index in [1.54, 1.807) is 6.92 Å². The maximum atomic E-state index is 12.2. The van der Waals surface area contributed by atoms with Gasteiger partial charge in [0, 0.05) is 16.7 Å². The Kier molecular flexibility index (Phi) is 12.7. The summed E-state index contributed by atoms with van der Waals surface area (Å²) in [5, 5.41) is 107. The molecule has 4 heterocycles. The summed E-state index contributed by atoms with van der Waals surface area (Å²) in [6.45, 7) is 15.1. The number of hydrogen-bond donors (Lipinski definition) is 10. The topological polar surface area (TPSA) is 267 Å². The van der Waals surface area contributed by atoms with E-state index in [9.17, 15) is 51.1 Å². The molecule has 25 unspecified atom stereocenters. The molecule has 0 aromatic heterocycles. The summed E-state index contributed by atoms with van der Waals surface area (Å²) in [6.07, 6.45) is -10.3. The van der Waals surface area contributed by atoms with Gasteiger partial charge in [-0.15, -0.1) is 0 Å². The molecule has 4 saturated heterocycles. The van der Waals surface area contributed by atoms with Crippen LogP contribution in [-0.4, -0.2) is 181 Å². The first-order chi connectivity index (χ1) is 30.5. The molecule has 4 saturated carbocycles. The Hall–Kier alpha value is -0.940. The summed E-state index contributed by atoms with van der Waals surface area (Å²) in [6, 6.07) is 0. The Bertz CT molecular complexity index is 1770. The number of rotatable bonds is 9. The fourth-order valence-corrected chi connectivity index (χ4v) is 15.7. The Morgan fingerprint density at radius 3 is 1.80 bits per heavy atom. The zero-order valence-electron chi connectivity index (χ0n) is 39.1. The molecule has 17 heteroatoms. The van der Waals surface area contributed by atoms with Crippen molar-refractivity contribution >= 4 is 0 Å². The molecule has 0 aromatic rings. The van der Waals surface area contributed by atoms with Crippen LogP contribution in [0, 0.1) is 50.2 Å². The van der Waals surface area contributed by atoms with Crippen molar-refractivity contribution in [1.82, 2.24) is 0 Å². The number of hydrogen-bond acceptors (Lipinski definition) is 17. The van der Waals surface area contributed by atoms with Crippen molar-refractivity contribution in [1.29, 1.82) is 0 Å². The minimum atomic E-state index is -1.84. The van der Waals surface area contributed by atoms with E-state index in [-0.39, 0.29) is 51.1 Å². The van der Waals surface area contributed by atoms with Gasteiger partial charge in [-0.05, 0) is 98.2 Å². The van der Waals surface area contributed by atoms with Crippen molar-refractivity contribution in [2.75, 3.05) is 26.4 Å². The maximum absolute atomic E-state index is 12.2. The lowest BCUT2D eigenvalue weighted by atomic mass is 9.32. The highest BCUT2D eigenvalue weighted by Gasteiger charge is 2.77. The van der Waals surface area contributed by atoms with Gasteiger partial charge in [0.1, 0.15) is 67.1 Å². The van der Waals surface area contributed by atoms with Crippen LogP contribution in [0.25, 0.3) is 0 Å². The minimum absolute atomic E-state index is 0.00191. The second-order valence-electron chi connectivity index (χ2n) is 23.7. The zero-order chi connectivity index (χ0) is 47.0. The molecule has 10 N–H and O–H groups in total. The van der Waals surface area contributed by atoms with Gasteiger partial charge in [-0.3, -0.25) is 0 Å². The summed E-state index contributed by atoms with van der Waals surface area (Å²) < 4.78 is 44.2. The molecule has 9 aliphatic rings. The van der Waals surface area contributed by atoms with Crippen molar-refractivity contribution in [3.05, 3.63) is 12.2 Å². The number of aliphatic hydroxyl groups is 10. The van der Waals surface area contributed by atoms with Crippen molar-refractivity contribution in [3.8, 4) is 0 Å². The molecule has 17 nitrogen and oxygen atoms in total. The van der Waals surface area contributed by atoms with Crippen LogP contribution in [0.1, 0.15) is 106 Å². The van der Waals surface area contributed by atoms with Crippen LogP contribution < -0.4 is 0 Å². The van der Waals surface area contributed by atoms with E-state index >= 15 is 0 Å². The van der Waals surface area contributed by atoms with Gasteiger partial charge in [0.25, 0.3) is 0 Å². The standard InChI is InChI=1S/C48H78O17/c1-23-37(64-39-34(56)32(54)30(52)24(19-49)61-39)36(58)38(65-40-35(57)33(55)31(53)25(20-50)62-40)41(60-23)63-29-10-11-43(4)26(44(29,5)21-51)8-12-45(6)27(43)9-13-48-28-18-42(2,3)14-16-47(28,22-59-48)17-15-46(45,48)7/h9,13,23-41,49-58H,8,10-12,14-22H2,1-7H3. The smallest absolute Gasteiger partial charge is 0.187 e. The molecule has 0 radical (unpaired) electrons. The molecular weight excluding hydrogens is 849 g/mol. The van der Waals surface area contributed by atoms with Gasteiger partial charge in [-0.1, -0.05) is 53.7 Å². The SMILES string of the molecule is CC1OC(OC2CCC3(C)C(CCC4(C)C3C=CC35OCC6(CCC(C)(C)CC63)CCC45C)C2(C)CO)C(OC2OC(CO)C(O)C(O)C2O)C(O)C1OC1OC(CO)C(O)C(O)C1O. The van der Waals surface area contributed by atoms with Crippen molar-refractivity contribution in [3.63, 3.8) is 0 Å². The largest absolute Gasteiger partial charge is 0.396 e. The molecule has 2 bridgehead atoms. The third kappa shape index (κ3) is 7.09. The van der Waals surface area contributed by atoms with Crippen LogP contribution in [0.5, 0.6) is 0 Å². The number of ether oxygens (including phenoxy) is 7. The highest BCUT2D eigenvalue weighted by Crippen LogP contribution is 2.79. The highest BCUT2D eigenvalue weighted by atomic mass is 16.8. The van der Waals surface area contributed by atoms with Crippen LogP contribution >= 0.6 is 0 Å². The van der Waals surface area contributed by atoms with E-state index in [0.717, 1.165) is 38.7 Å². The second kappa shape index (κ2) is 16.8. The van der Waals surface area contributed by atoms with Gasteiger partial charge in [-0.25, -0.2) is 0 Å². The van der Waals surface area contributed by atoms with E-state index in [1.165, 1.54) is 19.3 Å². The van der Waals surface area contributed by atoms with Crippen LogP contribution in [0.3, 0.4) is 0 Å². The molecule has 372 valence electrons. The molecule has 0 aromatic carbocycles. The summed E-state index contributed by atoms with van der Waals surface area (Å²) in [5.74, 6) is 0.662. The lowest BCUT2D eigenvalue weighted by Crippen LogP contribution is -2.71. The molecule has 25 atom stereocenters. The molecule has 65 heavy (non-hydrogen) atoms. The van der Waals surface area contributed by atoms with Crippen LogP contribution in [0.2, 0.25) is 0 Å². The first-order valence-electron chi connectivity index (χ1n) is 24.4. The summed E-state index contributed by atoms with van der Waals surface area (Å²) >= 11 is 0. The molecule has 8 fully saturated rings. The third-order valence-corrected chi connectivity index (χ3v) is 20.0. The molecule has 4 aliphatic heterocycles. The average Bonchev–Trinajstić information content (AvgIpc) is 3.50. The molecular formula is C48H78O17. The average molecular weight is 927 g/mol.